The molecule has 1 atom stereocenters. The molecule has 0 bridgehead atoms. The molecular formula is C30H29N5O5S. The van der Waals surface area contributed by atoms with Gasteiger partial charge in [-0.25, -0.2) is 4.98 Å². The third-order valence-electron chi connectivity index (χ3n) is 8.58. The molecule has 0 spiro atoms. The Labute approximate surface area is 240 Å². The molecule has 5 heterocycles. The maximum absolute atomic E-state index is 13.1. The Morgan fingerprint density at radius 3 is 2.61 bits per heavy atom. The molecule has 0 aliphatic carbocycles. The van der Waals surface area contributed by atoms with Gasteiger partial charge in [0, 0.05) is 30.5 Å². The summed E-state index contributed by atoms with van der Waals surface area (Å²) in [6.45, 7) is 3.16. The molecule has 3 aromatic rings. The zero-order valence-electron chi connectivity index (χ0n) is 22.4. The van der Waals surface area contributed by atoms with Gasteiger partial charge < -0.3 is 9.64 Å². The number of ether oxygens (including phenoxy) is 1. The first kappa shape index (κ1) is 25.8. The number of hydrogen-bond donors (Lipinski definition) is 1. The zero-order valence-corrected chi connectivity index (χ0v) is 23.2. The van der Waals surface area contributed by atoms with Gasteiger partial charge in [0.05, 0.1) is 11.1 Å². The second-order valence-electron chi connectivity index (χ2n) is 11.1. The highest BCUT2D eigenvalue weighted by Gasteiger charge is 2.39. The number of likely N-dealkylation sites (tertiary alicyclic amines) is 1. The molecule has 4 aliphatic heterocycles. The van der Waals surface area contributed by atoms with E-state index >= 15 is 0 Å². The molecule has 2 aromatic carbocycles. The largest absolute Gasteiger partial charge is 0.472 e. The molecule has 41 heavy (non-hydrogen) atoms. The Morgan fingerprint density at radius 1 is 0.976 bits per heavy atom. The second kappa shape index (κ2) is 10.4. The Bertz CT molecular complexity index is 1550. The van der Waals surface area contributed by atoms with Gasteiger partial charge in [-0.05, 0) is 73.2 Å². The Hall–Kier alpha value is -4.09. The van der Waals surface area contributed by atoms with Crippen LogP contribution in [0.5, 0.6) is 5.75 Å². The number of anilines is 1. The lowest BCUT2D eigenvalue weighted by atomic mass is 9.87. The van der Waals surface area contributed by atoms with Gasteiger partial charge in [-0.15, -0.1) is 11.3 Å². The predicted molar refractivity (Wildman–Crippen MR) is 151 cm³/mol. The van der Waals surface area contributed by atoms with Crippen LogP contribution >= 0.6 is 11.3 Å². The number of hydrogen-bond acceptors (Lipinski definition) is 8. The van der Waals surface area contributed by atoms with E-state index in [2.05, 4.69) is 21.3 Å². The molecule has 1 aromatic heterocycles. The fourth-order valence-electron chi connectivity index (χ4n) is 6.35. The van der Waals surface area contributed by atoms with Crippen molar-refractivity contribution in [2.45, 2.75) is 50.7 Å². The minimum absolute atomic E-state index is 0.0935. The smallest absolute Gasteiger partial charge is 0.266 e. The lowest BCUT2D eigenvalue weighted by Gasteiger charge is -2.33. The molecule has 2 fully saturated rings. The van der Waals surface area contributed by atoms with E-state index in [1.807, 2.05) is 35.7 Å². The Balaban J connectivity index is 0.982. The van der Waals surface area contributed by atoms with E-state index in [9.17, 15) is 19.2 Å². The topological polar surface area (TPSA) is 112 Å². The van der Waals surface area contributed by atoms with Gasteiger partial charge in [0.1, 0.15) is 17.6 Å². The van der Waals surface area contributed by atoms with Crippen molar-refractivity contribution in [1.82, 2.24) is 20.1 Å². The van der Waals surface area contributed by atoms with Crippen LogP contribution in [0.3, 0.4) is 0 Å². The number of fused-ring (bicyclic) bond motifs is 2. The van der Waals surface area contributed by atoms with Gasteiger partial charge in [-0.1, -0.05) is 18.2 Å². The van der Waals surface area contributed by atoms with Crippen molar-refractivity contribution in [3.8, 4) is 5.75 Å². The van der Waals surface area contributed by atoms with E-state index in [1.165, 1.54) is 16.9 Å². The average Bonchev–Trinajstić information content (AvgIpc) is 3.62. The molecule has 1 N–H and O–H groups in total. The number of nitrogens with zero attached hydrogens (tertiary/aromatic N) is 4. The maximum Gasteiger partial charge on any atom is 0.266 e. The van der Waals surface area contributed by atoms with Gasteiger partial charge >= 0.3 is 0 Å². The van der Waals surface area contributed by atoms with Crippen molar-refractivity contribution < 1.29 is 23.9 Å². The molecule has 7 rings (SSSR count). The summed E-state index contributed by atoms with van der Waals surface area (Å²) in [6, 6.07) is 11.3. The first-order chi connectivity index (χ1) is 19.9. The molecule has 0 saturated carbocycles. The van der Waals surface area contributed by atoms with Crippen LogP contribution in [0.25, 0.3) is 0 Å². The number of thiazole rings is 1. The number of rotatable bonds is 5. The summed E-state index contributed by atoms with van der Waals surface area (Å²) < 4.78 is 5.83. The van der Waals surface area contributed by atoms with Gasteiger partial charge in [-0.3, -0.25) is 34.3 Å². The van der Waals surface area contributed by atoms with Crippen LogP contribution in [0.4, 0.5) is 5.82 Å². The van der Waals surface area contributed by atoms with Gasteiger partial charge in [0.25, 0.3) is 11.8 Å². The molecule has 4 aliphatic rings. The third kappa shape index (κ3) is 4.78. The molecular weight excluding hydrogens is 542 g/mol. The molecule has 4 amide bonds. The summed E-state index contributed by atoms with van der Waals surface area (Å²) in [5.41, 5.74) is 6.17. The first-order valence-corrected chi connectivity index (χ1v) is 14.8. The summed E-state index contributed by atoms with van der Waals surface area (Å²) in [4.78, 5) is 59.9. The maximum atomic E-state index is 13.1. The fraction of sp³-hybridized carbons (Fsp3) is 0.367. The summed E-state index contributed by atoms with van der Waals surface area (Å²) in [6.07, 6.45) is 2.61. The summed E-state index contributed by atoms with van der Waals surface area (Å²) in [5.74, 6) is 0.706. The van der Waals surface area contributed by atoms with E-state index in [1.54, 1.807) is 15.3 Å². The number of carbonyl (C=O) groups excluding carboxylic acids is 4. The highest BCUT2D eigenvalue weighted by atomic mass is 32.1. The molecule has 210 valence electrons. The van der Waals surface area contributed by atoms with Crippen LogP contribution in [0.15, 0.2) is 47.3 Å². The SMILES string of the molecule is O=C1CCC(N2Cc3cc(C4CCN(Cc5ccc6c(c5)C(=O)N(c5cscn5)CO6)CC4)ccc3C2=O)C(=O)N1. The van der Waals surface area contributed by atoms with Crippen LogP contribution in [-0.4, -0.2) is 64.3 Å². The van der Waals surface area contributed by atoms with Crippen molar-refractivity contribution in [2.75, 3.05) is 24.7 Å². The summed E-state index contributed by atoms with van der Waals surface area (Å²) in [7, 11) is 0. The normalized spacial score (nSPS) is 21.5. The highest BCUT2D eigenvalue weighted by molar-refractivity contribution is 7.07. The van der Waals surface area contributed by atoms with E-state index in [4.69, 9.17) is 4.74 Å². The quantitative estimate of drug-likeness (QED) is 0.468. The molecule has 0 radical (unpaired) electrons. The molecule has 1 unspecified atom stereocenters. The van der Waals surface area contributed by atoms with E-state index < -0.39 is 6.04 Å². The first-order valence-electron chi connectivity index (χ1n) is 13.9. The van der Waals surface area contributed by atoms with Crippen molar-refractivity contribution in [1.29, 1.82) is 0 Å². The Kier molecular flexibility index (Phi) is 6.55. The van der Waals surface area contributed by atoms with E-state index in [-0.39, 0.29) is 36.8 Å². The van der Waals surface area contributed by atoms with Crippen molar-refractivity contribution >= 4 is 40.8 Å². The average molecular weight is 572 g/mol. The van der Waals surface area contributed by atoms with Gasteiger partial charge in [-0.2, -0.15) is 0 Å². The van der Waals surface area contributed by atoms with Crippen molar-refractivity contribution in [3.63, 3.8) is 0 Å². The van der Waals surface area contributed by atoms with Crippen molar-refractivity contribution in [2.24, 2.45) is 0 Å². The number of piperidine rings is 2. The number of amides is 4. The predicted octanol–water partition coefficient (Wildman–Crippen LogP) is 3.28. The van der Waals surface area contributed by atoms with Crippen LogP contribution < -0.4 is 15.0 Å². The number of nitrogens with one attached hydrogen (secondary N) is 1. The number of carbonyl (C=O) groups is 4. The standard InChI is InChI=1S/C30H29N5O5S/c36-27-6-4-24(28(37)32-27)34-14-21-12-20(2-3-22(21)29(34)38)19-7-9-33(10-8-19)13-18-1-5-25-23(11-18)30(39)35(17-40-25)26-15-41-16-31-26/h1-3,5,11-12,15-16,19,24H,4,6-10,13-14,17H2,(H,32,36,37). The molecule has 11 heteroatoms. The van der Waals surface area contributed by atoms with Crippen LogP contribution in [0.2, 0.25) is 0 Å². The molecule has 10 nitrogen and oxygen atoms in total. The number of imide groups is 1. The van der Waals surface area contributed by atoms with E-state index in [0.717, 1.165) is 43.6 Å². The number of benzene rings is 2. The minimum atomic E-state index is -0.597. The third-order valence-corrected chi connectivity index (χ3v) is 9.15. The van der Waals surface area contributed by atoms with Gasteiger partial charge in [0.2, 0.25) is 11.8 Å². The van der Waals surface area contributed by atoms with Crippen LogP contribution in [-0.2, 0) is 22.7 Å². The Morgan fingerprint density at radius 2 is 1.83 bits per heavy atom. The van der Waals surface area contributed by atoms with Gasteiger partial charge in [0.15, 0.2) is 6.73 Å². The lowest BCUT2D eigenvalue weighted by Crippen LogP contribution is -2.52. The number of aromatic nitrogens is 1. The van der Waals surface area contributed by atoms with Crippen LogP contribution in [0, 0.1) is 0 Å². The summed E-state index contributed by atoms with van der Waals surface area (Å²) >= 11 is 1.44. The van der Waals surface area contributed by atoms with E-state index in [0.29, 0.717) is 41.6 Å². The highest BCUT2D eigenvalue weighted by Crippen LogP contribution is 2.35. The second-order valence-corrected chi connectivity index (χ2v) is 11.8. The monoisotopic (exact) mass is 571 g/mol. The van der Waals surface area contributed by atoms with Crippen molar-refractivity contribution in [3.05, 3.63) is 75.1 Å². The lowest BCUT2D eigenvalue weighted by molar-refractivity contribution is -0.136. The fourth-order valence-corrected chi connectivity index (χ4v) is 6.89. The summed E-state index contributed by atoms with van der Waals surface area (Å²) in [5, 5.41) is 4.20. The minimum Gasteiger partial charge on any atom is -0.472 e. The van der Waals surface area contributed by atoms with Crippen LogP contribution in [0.1, 0.15) is 69.0 Å². The zero-order chi connectivity index (χ0) is 28.1. The molecule has 2 saturated heterocycles.